The third-order valence-electron chi connectivity index (χ3n) is 4.90. The Bertz CT molecular complexity index is 1300. The average Bonchev–Trinajstić information content (AvgIpc) is 2.78. The van der Waals surface area contributed by atoms with E-state index in [-0.39, 0.29) is 29.2 Å². The monoisotopic (exact) mass is 522 g/mol. The van der Waals surface area contributed by atoms with Gasteiger partial charge in [-0.2, -0.15) is 15.2 Å². The van der Waals surface area contributed by atoms with Crippen LogP contribution in [0.1, 0.15) is 29.7 Å². The molecule has 9 heteroatoms. The van der Waals surface area contributed by atoms with Crippen LogP contribution in [-0.2, 0) is 4.43 Å². The Morgan fingerprint density at radius 2 is 1.97 bits per heavy atom. The summed E-state index contributed by atoms with van der Waals surface area (Å²) < 4.78 is 0.849. The SMILES string of the molecule is C[C@H](Nc1nc(N)nc(N)c1C#N)c1cc2cccc(CI)c2nc1-c1ccccn1. The quantitative estimate of drug-likeness (QED) is 0.261. The lowest BCUT2D eigenvalue weighted by Crippen LogP contribution is -2.14. The highest BCUT2D eigenvalue weighted by atomic mass is 127. The molecule has 0 unspecified atom stereocenters. The van der Waals surface area contributed by atoms with Crippen LogP contribution in [0.3, 0.4) is 0 Å². The molecule has 0 radical (unpaired) electrons. The van der Waals surface area contributed by atoms with Gasteiger partial charge in [0.1, 0.15) is 17.5 Å². The first-order valence-electron chi connectivity index (χ1n) is 9.51. The van der Waals surface area contributed by atoms with Gasteiger partial charge in [-0.05, 0) is 30.7 Å². The fourth-order valence-electron chi connectivity index (χ4n) is 3.42. The van der Waals surface area contributed by atoms with Crippen LogP contribution in [0, 0.1) is 11.3 Å². The number of hydrogen-bond acceptors (Lipinski definition) is 8. The van der Waals surface area contributed by atoms with Gasteiger partial charge in [-0.25, -0.2) is 4.98 Å². The first-order valence-corrected chi connectivity index (χ1v) is 11.0. The third-order valence-corrected chi connectivity index (χ3v) is 5.72. The molecule has 1 aromatic carbocycles. The predicted molar refractivity (Wildman–Crippen MR) is 130 cm³/mol. The number of nitriles is 1. The third kappa shape index (κ3) is 4.06. The largest absolute Gasteiger partial charge is 0.382 e. The van der Waals surface area contributed by atoms with E-state index < -0.39 is 0 Å². The maximum absolute atomic E-state index is 9.49. The number of alkyl halides is 1. The molecule has 0 aliphatic carbocycles. The van der Waals surface area contributed by atoms with Gasteiger partial charge >= 0.3 is 0 Å². The van der Waals surface area contributed by atoms with Crippen LogP contribution in [0.15, 0.2) is 48.7 Å². The maximum Gasteiger partial charge on any atom is 0.224 e. The van der Waals surface area contributed by atoms with Crippen LogP contribution >= 0.6 is 22.6 Å². The Labute approximate surface area is 192 Å². The van der Waals surface area contributed by atoms with Gasteiger partial charge < -0.3 is 16.8 Å². The number of nitrogens with zero attached hydrogens (tertiary/aromatic N) is 5. The number of anilines is 3. The van der Waals surface area contributed by atoms with Crippen molar-refractivity contribution in [2.45, 2.75) is 17.4 Å². The van der Waals surface area contributed by atoms with Crippen LogP contribution < -0.4 is 16.8 Å². The fourth-order valence-corrected chi connectivity index (χ4v) is 4.03. The Hall–Kier alpha value is -3.52. The summed E-state index contributed by atoms with van der Waals surface area (Å²) in [6.07, 6.45) is 1.74. The molecule has 0 saturated carbocycles. The summed E-state index contributed by atoms with van der Waals surface area (Å²) in [6, 6.07) is 15.7. The summed E-state index contributed by atoms with van der Waals surface area (Å²) in [5.41, 5.74) is 16.3. The second-order valence-corrected chi connectivity index (χ2v) is 7.69. The molecule has 3 heterocycles. The number of pyridine rings is 2. The summed E-state index contributed by atoms with van der Waals surface area (Å²) in [4.78, 5) is 17.6. The van der Waals surface area contributed by atoms with E-state index in [1.165, 1.54) is 0 Å². The van der Waals surface area contributed by atoms with Gasteiger partial charge in [-0.3, -0.25) is 4.98 Å². The van der Waals surface area contributed by atoms with Crippen molar-refractivity contribution in [1.29, 1.82) is 5.26 Å². The van der Waals surface area contributed by atoms with Gasteiger partial charge in [-0.1, -0.05) is 46.9 Å². The van der Waals surface area contributed by atoms with Crippen LogP contribution in [-0.4, -0.2) is 19.9 Å². The number of para-hydroxylation sites is 1. The van der Waals surface area contributed by atoms with Crippen LogP contribution in [0.2, 0.25) is 0 Å². The van der Waals surface area contributed by atoms with Crippen molar-refractivity contribution >= 4 is 51.1 Å². The topological polar surface area (TPSA) is 139 Å². The normalized spacial score (nSPS) is 11.8. The minimum Gasteiger partial charge on any atom is -0.382 e. The summed E-state index contributed by atoms with van der Waals surface area (Å²) in [7, 11) is 0. The van der Waals surface area contributed by atoms with Crippen LogP contribution in [0.4, 0.5) is 17.6 Å². The van der Waals surface area contributed by atoms with Gasteiger partial charge in [0.25, 0.3) is 0 Å². The van der Waals surface area contributed by atoms with Gasteiger partial charge in [0.05, 0.1) is 22.9 Å². The number of nitrogens with two attached hydrogens (primary N) is 2. The zero-order valence-electron chi connectivity index (χ0n) is 16.7. The van der Waals surface area contributed by atoms with E-state index in [1.807, 2.05) is 43.3 Å². The molecule has 0 saturated heterocycles. The molecule has 31 heavy (non-hydrogen) atoms. The van der Waals surface area contributed by atoms with Gasteiger partial charge in [-0.15, -0.1) is 0 Å². The molecule has 8 nitrogen and oxygen atoms in total. The van der Waals surface area contributed by atoms with E-state index in [4.69, 9.17) is 16.5 Å². The molecule has 0 aliphatic heterocycles. The first kappa shape index (κ1) is 20.7. The van der Waals surface area contributed by atoms with Crippen molar-refractivity contribution in [3.05, 3.63) is 65.4 Å². The molecular formula is C22H19IN8. The summed E-state index contributed by atoms with van der Waals surface area (Å²) in [6.45, 7) is 1.97. The summed E-state index contributed by atoms with van der Waals surface area (Å²) >= 11 is 2.34. The Balaban J connectivity index is 1.88. The summed E-state index contributed by atoms with van der Waals surface area (Å²) in [5, 5.41) is 13.8. The molecule has 0 bridgehead atoms. The first-order chi connectivity index (χ1) is 15.0. The zero-order valence-corrected chi connectivity index (χ0v) is 18.8. The molecule has 154 valence electrons. The van der Waals surface area contributed by atoms with Crippen molar-refractivity contribution in [1.82, 2.24) is 19.9 Å². The predicted octanol–water partition coefficient (Wildman–Crippen LogP) is 4.23. The van der Waals surface area contributed by atoms with Gasteiger partial charge in [0, 0.05) is 21.6 Å². The van der Waals surface area contributed by atoms with Crippen molar-refractivity contribution in [2.75, 3.05) is 16.8 Å². The molecule has 4 aromatic rings. The van der Waals surface area contributed by atoms with E-state index in [9.17, 15) is 5.26 Å². The van der Waals surface area contributed by atoms with Crippen molar-refractivity contribution in [3.8, 4) is 17.5 Å². The van der Waals surface area contributed by atoms with Gasteiger partial charge in [0.2, 0.25) is 5.95 Å². The summed E-state index contributed by atoms with van der Waals surface area (Å²) in [5.74, 6) is 0.325. The molecular weight excluding hydrogens is 503 g/mol. The molecule has 3 aromatic heterocycles. The smallest absolute Gasteiger partial charge is 0.224 e. The minimum absolute atomic E-state index is 0.000487. The molecule has 0 spiro atoms. The fraction of sp³-hybridized carbons (Fsp3) is 0.136. The van der Waals surface area contributed by atoms with Gasteiger partial charge in [0.15, 0.2) is 5.82 Å². The van der Waals surface area contributed by atoms with E-state index in [0.29, 0.717) is 0 Å². The molecule has 4 rings (SSSR count). The number of benzene rings is 1. The minimum atomic E-state index is -0.266. The molecule has 5 N–H and O–H groups in total. The number of rotatable bonds is 5. The Kier molecular flexibility index (Phi) is 5.81. The standard InChI is InChI=1S/C22H19IN8/c1-12(28-21-16(11-24)20(25)30-22(26)31-21)15-9-13-5-4-6-14(10-23)18(13)29-19(15)17-7-2-3-8-27-17/h2-9,12H,10H2,1H3,(H5,25,26,28,30,31)/t12-/m0/s1. The maximum atomic E-state index is 9.49. The number of halogens is 1. The molecule has 0 aliphatic rings. The molecule has 0 amide bonds. The Morgan fingerprint density at radius 1 is 1.13 bits per heavy atom. The highest BCUT2D eigenvalue weighted by Gasteiger charge is 2.20. The zero-order chi connectivity index (χ0) is 22.0. The lowest BCUT2D eigenvalue weighted by atomic mass is 9.99. The number of nitrogens with one attached hydrogen (secondary N) is 1. The highest BCUT2D eigenvalue weighted by Crippen LogP contribution is 2.33. The van der Waals surface area contributed by atoms with Crippen LogP contribution in [0.5, 0.6) is 0 Å². The lowest BCUT2D eigenvalue weighted by molar-refractivity contribution is 0.869. The second kappa shape index (κ2) is 8.69. The number of fused-ring (bicyclic) bond motifs is 1. The van der Waals surface area contributed by atoms with Crippen molar-refractivity contribution in [3.63, 3.8) is 0 Å². The molecule has 0 fully saturated rings. The van der Waals surface area contributed by atoms with E-state index >= 15 is 0 Å². The highest BCUT2D eigenvalue weighted by molar-refractivity contribution is 14.1. The van der Waals surface area contributed by atoms with E-state index in [1.54, 1.807) is 6.20 Å². The number of hydrogen-bond donors (Lipinski definition) is 3. The van der Waals surface area contributed by atoms with Crippen LogP contribution in [0.25, 0.3) is 22.3 Å². The second-order valence-electron chi connectivity index (χ2n) is 6.93. The molecule has 1 atom stereocenters. The average molecular weight is 522 g/mol. The van der Waals surface area contributed by atoms with Crippen molar-refractivity contribution in [2.24, 2.45) is 0 Å². The van der Waals surface area contributed by atoms with E-state index in [0.717, 1.165) is 37.8 Å². The van der Waals surface area contributed by atoms with E-state index in [2.05, 4.69) is 55.0 Å². The lowest BCUT2D eigenvalue weighted by Gasteiger charge is -2.20. The number of nitrogen functional groups attached to an aromatic ring is 2. The Morgan fingerprint density at radius 3 is 2.68 bits per heavy atom. The number of aromatic nitrogens is 4. The van der Waals surface area contributed by atoms with Crippen molar-refractivity contribution < 1.29 is 0 Å².